The van der Waals surface area contributed by atoms with Crippen LogP contribution >= 0.6 is 11.6 Å². The number of aromatic nitrogens is 3. The van der Waals surface area contributed by atoms with E-state index in [0.29, 0.717) is 17.1 Å². The Morgan fingerprint density at radius 1 is 1.03 bits per heavy atom. The first-order chi connectivity index (χ1) is 14.1. The van der Waals surface area contributed by atoms with E-state index in [1.54, 1.807) is 12.1 Å². The molecular formula is C22H27ClFN5. The van der Waals surface area contributed by atoms with Crippen molar-refractivity contribution in [1.82, 2.24) is 25.2 Å². The maximum absolute atomic E-state index is 14.2. The van der Waals surface area contributed by atoms with Gasteiger partial charge in [-0.3, -0.25) is 0 Å². The lowest BCUT2D eigenvalue weighted by Crippen LogP contribution is -2.31. The summed E-state index contributed by atoms with van der Waals surface area (Å²) in [6.07, 6.45) is 0. The molecule has 0 saturated carbocycles. The molecule has 0 spiro atoms. The molecule has 0 radical (unpaired) electrons. The van der Waals surface area contributed by atoms with Crippen molar-refractivity contribution in [2.75, 3.05) is 26.2 Å². The van der Waals surface area contributed by atoms with Gasteiger partial charge >= 0.3 is 0 Å². The second-order valence-electron chi connectivity index (χ2n) is 6.80. The van der Waals surface area contributed by atoms with E-state index < -0.39 is 0 Å². The molecule has 3 aromatic rings. The van der Waals surface area contributed by atoms with Gasteiger partial charge in [-0.1, -0.05) is 61.8 Å². The van der Waals surface area contributed by atoms with Gasteiger partial charge in [0.15, 0.2) is 0 Å². The fraction of sp³-hybridized carbons (Fsp3) is 0.364. The van der Waals surface area contributed by atoms with E-state index >= 15 is 0 Å². The molecule has 0 aliphatic rings. The second kappa shape index (κ2) is 10.5. The van der Waals surface area contributed by atoms with E-state index in [1.807, 2.05) is 30.3 Å². The van der Waals surface area contributed by atoms with Crippen LogP contribution < -0.4 is 5.32 Å². The molecule has 1 N–H and O–H groups in total. The highest BCUT2D eigenvalue weighted by atomic mass is 35.5. The fourth-order valence-electron chi connectivity index (χ4n) is 3.20. The van der Waals surface area contributed by atoms with Crippen molar-refractivity contribution in [2.24, 2.45) is 0 Å². The first-order valence-corrected chi connectivity index (χ1v) is 10.4. The van der Waals surface area contributed by atoms with E-state index in [4.69, 9.17) is 11.6 Å². The number of halogens is 2. The SMILES string of the molecule is CCN(CC)CCNCc1nn(Cc2c(F)cccc2Cl)nc1-c1ccccc1. The molecule has 0 aliphatic heterocycles. The topological polar surface area (TPSA) is 46.0 Å². The molecule has 0 fully saturated rings. The Hall–Kier alpha value is -2.28. The molecule has 7 heteroatoms. The Bertz CT molecular complexity index is 889. The smallest absolute Gasteiger partial charge is 0.129 e. The lowest BCUT2D eigenvalue weighted by atomic mass is 10.1. The largest absolute Gasteiger partial charge is 0.310 e. The van der Waals surface area contributed by atoms with Crippen molar-refractivity contribution in [3.05, 3.63) is 70.6 Å². The Morgan fingerprint density at radius 2 is 1.79 bits per heavy atom. The molecular weight excluding hydrogens is 389 g/mol. The van der Waals surface area contributed by atoms with E-state index in [0.717, 1.165) is 43.1 Å². The number of nitrogens with zero attached hydrogens (tertiary/aromatic N) is 4. The van der Waals surface area contributed by atoms with Crippen LogP contribution in [0.15, 0.2) is 48.5 Å². The van der Waals surface area contributed by atoms with Crippen LogP contribution in [0.2, 0.25) is 5.02 Å². The minimum atomic E-state index is -0.352. The molecule has 2 aromatic carbocycles. The van der Waals surface area contributed by atoms with Gasteiger partial charge in [-0.15, -0.1) is 0 Å². The molecule has 1 aromatic heterocycles. The molecule has 0 amide bonds. The van der Waals surface area contributed by atoms with Gasteiger partial charge in [-0.25, -0.2) is 4.39 Å². The average molecular weight is 416 g/mol. The molecule has 0 bridgehead atoms. The highest BCUT2D eigenvalue weighted by Gasteiger charge is 2.15. The third kappa shape index (κ3) is 5.63. The zero-order valence-corrected chi connectivity index (χ0v) is 17.7. The third-order valence-electron chi connectivity index (χ3n) is 4.93. The van der Waals surface area contributed by atoms with Crippen LogP contribution in [0.3, 0.4) is 0 Å². The summed E-state index contributed by atoms with van der Waals surface area (Å²) in [5.41, 5.74) is 3.01. The summed E-state index contributed by atoms with van der Waals surface area (Å²) < 4.78 is 14.2. The molecule has 154 valence electrons. The number of benzene rings is 2. The van der Waals surface area contributed by atoms with Crippen molar-refractivity contribution >= 4 is 11.6 Å². The zero-order valence-electron chi connectivity index (χ0n) is 16.9. The van der Waals surface area contributed by atoms with Gasteiger partial charge in [0.1, 0.15) is 17.2 Å². The normalized spacial score (nSPS) is 11.3. The summed E-state index contributed by atoms with van der Waals surface area (Å²) in [6.45, 7) is 9.02. The number of rotatable bonds is 10. The lowest BCUT2D eigenvalue weighted by molar-refractivity contribution is 0.302. The summed E-state index contributed by atoms with van der Waals surface area (Å²) >= 11 is 6.18. The van der Waals surface area contributed by atoms with E-state index in [9.17, 15) is 4.39 Å². The van der Waals surface area contributed by atoms with E-state index in [-0.39, 0.29) is 12.4 Å². The Morgan fingerprint density at radius 3 is 2.48 bits per heavy atom. The molecule has 1 heterocycles. The van der Waals surface area contributed by atoms with Crippen LogP contribution in [-0.2, 0) is 13.1 Å². The van der Waals surface area contributed by atoms with Gasteiger partial charge < -0.3 is 10.2 Å². The predicted octanol–water partition coefficient (Wildman–Crippen LogP) is 4.22. The van der Waals surface area contributed by atoms with Crippen LogP contribution in [0, 0.1) is 5.82 Å². The lowest BCUT2D eigenvalue weighted by Gasteiger charge is -2.17. The summed E-state index contributed by atoms with van der Waals surface area (Å²) in [4.78, 5) is 3.89. The van der Waals surface area contributed by atoms with Gasteiger partial charge in [0.05, 0.1) is 6.54 Å². The number of likely N-dealkylation sites (N-methyl/N-ethyl adjacent to an activating group) is 1. The Labute approximate surface area is 176 Å². The molecule has 3 rings (SSSR count). The summed E-state index contributed by atoms with van der Waals surface area (Å²) in [7, 11) is 0. The van der Waals surface area contributed by atoms with Gasteiger partial charge in [-0.05, 0) is 25.2 Å². The molecule has 0 aliphatic carbocycles. The summed E-state index contributed by atoms with van der Waals surface area (Å²) in [6, 6.07) is 14.6. The van der Waals surface area contributed by atoms with Gasteiger partial charge in [-0.2, -0.15) is 15.0 Å². The minimum Gasteiger partial charge on any atom is -0.310 e. The predicted molar refractivity (Wildman–Crippen MR) is 115 cm³/mol. The number of hydrogen-bond donors (Lipinski definition) is 1. The van der Waals surface area contributed by atoms with Crippen LogP contribution in [0.25, 0.3) is 11.3 Å². The second-order valence-corrected chi connectivity index (χ2v) is 7.20. The summed E-state index contributed by atoms with van der Waals surface area (Å²) in [5.74, 6) is -0.352. The molecule has 0 unspecified atom stereocenters. The summed E-state index contributed by atoms with van der Waals surface area (Å²) in [5, 5.41) is 13.1. The van der Waals surface area contributed by atoms with Crippen LogP contribution in [-0.4, -0.2) is 46.1 Å². The van der Waals surface area contributed by atoms with Crippen LogP contribution in [0.1, 0.15) is 25.1 Å². The molecule has 0 atom stereocenters. The zero-order chi connectivity index (χ0) is 20.6. The fourth-order valence-corrected chi connectivity index (χ4v) is 3.42. The Balaban J connectivity index is 1.79. The van der Waals surface area contributed by atoms with Gasteiger partial charge in [0, 0.05) is 35.8 Å². The standard InChI is InChI=1S/C22H27ClFN5/c1-3-28(4-2)14-13-25-15-21-22(17-9-6-5-7-10-17)27-29(26-21)16-18-19(23)11-8-12-20(18)24/h5-12,25H,3-4,13-16H2,1-2H3. The monoisotopic (exact) mass is 415 g/mol. The highest BCUT2D eigenvalue weighted by molar-refractivity contribution is 6.31. The van der Waals surface area contributed by atoms with Crippen molar-refractivity contribution in [3.8, 4) is 11.3 Å². The first-order valence-electron chi connectivity index (χ1n) is 9.97. The van der Waals surface area contributed by atoms with Crippen molar-refractivity contribution in [3.63, 3.8) is 0 Å². The number of hydrogen-bond acceptors (Lipinski definition) is 4. The van der Waals surface area contributed by atoms with Crippen molar-refractivity contribution in [1.29, 1.82) is 0 Å². The molecule has 29 heavy (non-hydrogen) atoms. The third-order valence-corrected chi connectivity index (χ3v) is 5.28. The highest BCUT2D eigenvalue weighted by Crippen LogP contribution is 2.23. The molecule has 0 saturated heterocycles. The van der Waals surface area contributed by atoms with Crippen LogP contribution in [0.4, 0.5) is 4.39 Å². The quantitative estimate of drug-likeness (QED) is 0.504. The van der Waals surface area contributed by atoms with E-state index in [1.165, 1.54) is 10.9 Å². The molecule has 5 nitrogen and oxygen atoms in total. The van der Waals surface area contributed by atoms with Gasteiger partial charge in [0.2, 0.25) is 0 Å². The van der Waals surface area contributed by atoms with Crippen LogP contribution in [0.5, 0.6) is 0 Å². The van der Waals surface area contributed by atoms with E-state index in [2.05, 4.69) is 34.3 Å². The first kappa shape index (κ1) is 21.4. The average Bonchev–Trinajstić information content (AvgIpc) is 3.14. The Kier molecular flexibility index (Phi) is 7.75. The minimum absolute atomic E-state index is 0.185. The van der Waals surface area contributed by atoms with Crippen molar-refractivity contribution < 1.29 is 4.39 Å². The van der Waals surface area contributed by atoms with Gasteiger partial charge in [0.25, 0.3) is 0 Å². The number of nitrogens with one attached hydrogen (secondary N) is 1. The maximum Gasteiger partial charge on any atom is 0.129 e. The van der Waals surface area contributed by atoms with Crippen molar-refractivity contribution in [2.45, 2.75) is 26.9 Å². The maximum atomic E-state index is 14.2.